The average Bonchev–Trinajstić information content (AvgIpc) is 3.37. The minimum atomic E-state index is -0.830. The van der Waals surface area contributed by atoms with Crippen LogP contribution >= 0.6 is 0 Å². The van der Waals surface area contributed by atoms with E-state index in [1.807, 2.05) is 6.08 Å². The van der Waals surface area contributed by atoms with Crippen molar-refractivity contribution in [1.82, 2.24) is 0 Å². The topological polar surface area (TPSA) is 78.9 Å². The summed E-state index contributed by atoms with van der Waals surface area (Å²) in [4.78, 5) is 38.1. The van der Waals surface area contributed by atoms with Gasteiger partial charge in [-0.3, -0.25) is 14.4 Å². The summed E-state index contributed by atoms with van der Waals surface area (Å²) in [6, 6.07) is 0. The standard InChI is InChI=1S/C65H106O6/c1-4-7-10-13-16-19-22-25-28-30-32-34-37-40-43-46-49-52-55-58-64(67)70-61-62(60-69-63(66)57-54-51-48-45-42-39-36-27-24-21-18-15-12-9-6-3)71-65(68)59-56-53-50-47-44-41-38-35-33-31-29-26-23-20-17-14-11-8-5-2/h9,12,16-21,25-29,32,34,36,42,45,51,54,62H,4-8,10-11,13-15,22-24,30-31,33,35,37-41,43-44,46-50,52-53,55-61H2,1-3H3/b12-9-,19-16-,20-17-,21-18-,28-25-,29-26-,34-32-,36-27-,45-42-,54-51-. The molecular formula is C65H106O6. The Kier molecular flexibility index (Phi) is 54.9. The highest BCUT2D eigenvalue weighted by Gasteiger charge is 2.19. The number of carbonyl (C=O) groups is 3. The second-order valence-corrected chi connectivity index (χ2v) is 18.8. The molecule has 6 nitrogen and oxygen atoms in total. The van der Waals surface area contributed by atoms with Crippen LogP contribution in [0.15, 0.2) is 122 Å². The molecule has 0 aliphatic rings. The summed E-state index contributed by atoms with van der Waals surface area (Å²) in [7, 11) is 0. The van der Waals surface area contributed by atoms with Gasteiger partial charge in [-0.05, 0) is 116 Å². The van der Waals surface area contributed by atoms with E-state index in [0.717, 1.165) is 103 Å². The lowest BCUT2D eigenvalue weighted by atomic mass is 10.1. The van der Waals surface area contributed by atoms with E-state index in [-0.39, 0.29) is 31.6 Å². The Hall–Kier alpha value is -4.19. The summed E-state index contributed by atoms with van der Waals surface area (Å²) in [5.41, 5.74) is 0. The fraction of sp³-hybridized carbons (Fsp3) is 0.646. The molecule has 0 aromatic heterocycles. The Morgan fingerprint density at radius 3 is 0.986 bits per heavy atom. The quantitative estimate of drug-likeness (QED) is 0.0261. The molecule has 0 aliphatic carbocycles. The highest BCUT2D eigenvalue weighted by molar-refractivity contribution is 5.72. The third-order valence-corrected chi connectivity index (χ3v) is 12.0. The minimum Gasteiger partial charge on any atom is -0.462 e. The maximum atomic E-state index is 12.9. The molecule has 0 rings (SSSR count). The molecule has 0 aromatic carbocycles. The second kappa shape index (κ2) is 58.4. The van der Waals surface area contributed by atoms with E-state index in [4.69, 9.17) is 14.2 Å². The molecule has 0 fully saturated rings. The first-order valence-corrected chi connectivity index (χ1v) is 29.0. The lowest BCUT2D eigenvalue weighted by Crippen LogP contribution is -2.30. The number of hydrogen-bond donors (Lipinski definition) is 0. The van der Waals surface area contributed by atoms with Crippen molar-refractivity contribution in [3.05, 3.63) is 122 Å². The average molecular weight is 984 g/mol. The molecule has 1 unspecified atom stereocenters. The molecule has 402 valence electrons. The van der Waals surface area contributed by atoms with Crippen LogP contribution in [0.1, 0.15) is 252 Å². The molecule has 0 bridgehead atoms. The van der Waals surface area contributed by atoms with E-state index >= 15 is 0 Å². The van der Waals surface area contributed by atoms with Crippen molar-refractivity contribution < 1.29 is 28.6 Å². The molecule has 6 heteroatoms. The fourth-order valence-electron chi connectivity index (χ4n) is 7.61. The Morgan fingerprint density at radius 1 is 0.310 bits per heavy atom. The van der Waals surface area contributed by atoms with Gasteiger partial charge in [0.05, 0.1) is 6.42 Å². The van der Waals surface area contributed by atoms with Crippen LogP contribution in [0.2, 0.25) is 0 Å². The summed E-state index contributed by atoms with van der Waals surface area (Å²) in [5, 5.41) is 0. The van der Waals surface area contributed by atoms with Crippen LogP contribution in [0.5, 0.6) is 0 Å². The number of unbranched alkanes of at least 4 members (excludes halogenated alkanes) is 21. The first-order chi connectivity index (χ1) is 35.0. The summed E-state index contributed by atoms with van der Waals surface area (Å²) in [5.74, 6) is -1.07. The Balaban J connectivity index is 4.52. The first kappa shape index (κ1) is 66.8. The largest absolute Gasteiger partial charge is 0.462 e. The van der Waals surface area contributed by atoms with Crippen molar-refractivity contribution in [3.63, 3.8) is 0 Å². The molecule has 0 spiro atoms. The van der Waals surface area contributed by atoms with Crippen LogP contribution in [0.25, 0.3) is 0 Å². The number of allylic oxidation sites excluding steroid dienone is 19. The normalized spacial score (nSPS) is 13.0. The highest BCUT2D eigenvalue weighted by Crippen LogP contribution is 2.14. The minimum absolute atomic E-state index is 0.119. The van der Waals surface area contributed by atoms with Gasteiger partial charge in [0, 0.05) is 12.8 Å². The molecule has 0 saturated carbocycles. The van der Waals surface area contributed by atoms with Crippen molar-refractivity contribution in [1.29, 1.82) is 0 Å². The molecule has 0 aliphatic heterocycles. The zero-order valence-corrected chi connectivity index (χ0v) is 45.9. The number of esters is 3. The van der Waals surface area contributed by atoms with Gasteiger partial charge in [0.2, 0.25) is 0 Å². The molecule has 71 heavy (non-hydrogen) atoms. The van der Waals surface area contributed by atoms with Crippen molar-refractivity contribution in [2.45, 2.75) is 258 Å². The lowest BCUT2D eigenvalue weighted by Gasteiger charge is -2.18. The number of hydrogen-bond acceptors (Lipinski definition) is 6. The summed E-state index contributed by atoms with van der Waals surface area (Å²) in [6.45, 7) is 6.37. The van der Waals surface area contributed by atoms with Crippen LogP contribution in [-0.2, 0) is 28.6 Å². The van der Waals surface area contributed by atoms with Crippen molar-refractivity contribution in [2.24, 2.45) is 0 Å². The predicted octanol–water partition coefficient (Wildman–Crippen LogP) is 19.6. The van der Waals surface area contributed by atoms with Crippen LogP contribution in [0.3, 0.4) is 0 Å². The SMILES string of the molecule is CC/C=C\C/C=C\C/C=C\C/C=C\C/C=C\CC(=O)OCC(COC(=O)CCCCCCCC/C=C\C/C=C\C/C=C\CCCCC)OC(=O)CCCCCCCCCCC/C=C\C/C=C\CCCCC. The molecular weight excluding hydrogens is 877 g/mol. The van der Waals surface area contributed by atoms with E-state index in [1.54, 1.807) is 6.08 Å². The van der Waals surface area contributed by atoms with Crippen molar-refractivity contribution in [2.75, 3.05) is 13.2 Å². The summed E-state index contributed by atoms with van der Waals surface area (Å²) in [6.07, 6.45) is 80.6. The molecule has 0 radical (unpaired) electrons. The smallest absolute Gasteiger partial charge is 0.309 e. The van der Waals surface area contributed by atoms with E-state index in [0.29, 0.717) is 12.8 Å². The molecule has 0 heterocycles. The van der Waals surface area contributed by atoms with Gasteiger partial charge in [0.15, 0.2) is 6.10 Å². The van der Waals surface area contributed by atoms with E-state index < -0.39 is 12.1 Å². The zero-order chi connectivity index (χ0) is 51.4. The highest BCUT2D eigenvalue weighted by atomic mass is 16.6. The Labute approximate surface area is 437 Å². The fourth-order valence-corrected chi connectivity index (χ4v) is 7.61. The van der Waals surface area contributed by atoms with Gasteiger partial charge >= 0.3 is 17.9 Å². The maximum absolute atomic E-state index is 12.9. The third kappa shape index (κ3) is 56.6. The van der Waals surface area contributed by atoms with Crippen LogP contribution in [0, 0.1) is 0 Å². The zero-order valence-electron chi connectivity index (χ0n) is 45.9. The van der Waals surface area contributed by atoms with Gasteiger partial charge < -0.3 is 14.2 Å². The predicted molar refractivity (Wildman–Crippen MR) is 306 cm³/mol. The number of carbonyl (C=O) groups excluding carboxylic acids is 3. The van der Waals surface area contributed by atoms with Crippen LogP contribution in [-0.4, -0.2) is 37.2 Å². The number of ether oxygens (including phenoxy) is 3. The Morgan fingerprint density at radius 2 is 0.606 bits per heavy atom. The number of rotatable bonds is 51. The van der Waals surface area contributed by atoms with Crippen LogP contribution < -0.4 is 0 Å². The van der Waals surface area contributed by atoms with Crippen molar-refractivity contribution in [3.8, 4) is 0 Å². The van der Waals surface area contributed by atoms with Gasteiger partial charge in [-0.15, -0.1) is 0 Å². The van der Waals surface area contributed by atoms with Crippen LogP contribution in [0.4, 0.5) is 0 Å². The maximum Gasteiger partial charge on any atom is 0.309 e. The van der Waals surface area contributed by atoms with E-state index in [9.17, 15) is 14.4 Å². The Bertz CT molecular complexity index is 1500. The van der Waals surface area contributed by atoms with Gasteiger partial charge in [-0.1, -0.05) is 239 Å². The monoisotopic (exact) mass is 983 g/mol. The van der Waals surface area contributed by atoms with Gasteiger partial charge in [0.25, 0.3) is 0 Å². The molecule has 0 saturated heterocycles. The summed E-state index contributed by atoms with van der Waals surface area (Å²) < 4.78 is 16.8. The third-order valence-electron chi connectivity index (χ3n) is 12.0. The van der Waals surface area contributed by atoms with E-state index in [2.05, 4.69) is 130 Å². The first-order valence-electron chi connectivity index (χ1n) is 29.0. The molecule has 1 atom stereocenters. The van der Waals surface area contributed by atoms with Gasteiger partial charge in [-0.2, -0.15) is 0 Å². The molecule has 0 N–H and O–H groups in total. The second-order valence-electron chi connectivity index (χ2n) is 18.8. The lowest BCUT2D eigenvalue weighted by molar-refractivity contribution is -0.166. The van der Waals surface area contributed by atoms with Gasteiger partial charge in [0.1, 0.15) is 13.2 Å². The van der Waals surface area contributed by atoms with E-state index in [1.165, 1.54) is 109 Å². The summed E-state index contributed by atoms with van der Waals surface area (Å²) >= 11 is 0. The van der Waals surface area contributed by atoms with Gasteiger partial charge in [-0.25, -0.2) is 0 Å². The molecule has 0 amide bonds. The van der Waals surface area contributed by atoms with Crippen molar-refractivity contribution >= 4 is 17.9 Å². The molecule has 0 aromatic rings.